The summed E-state index contributed by atoms with van der Waals surface area (Å²) in [5, 5.41) is 0. The summed E-state index contributed by atoms with van der Waals surface area (Å²) in [5.74, 6) is 0.447. The summed E-state index contributed by atoms with van der Waals surface area (Å²) in [6, 6.07) is 0. The number of nitrogens with zero attached hydrogens (tertiary/aromatic N) is 1. The van der Waals surface area contributed by atoms with Crippen LogP contribution in [0.3, 0.4) is 0 Å². The van der Waals surface area contributed by atoms with Crippen molar-refractivity contribution in [3.8, 4) is 0 Å². The molecule has 1 aliphatic heterocycles. The Morgan fingerprint density at radius 3 is 2.33 bits per heavy atom. The first-order valence-corrected chi connectivity index (χ1v) is 5.08. The van der Waals surface area contributed by atoms with Crippen LogP contribution in [0.1, 0.15) is 39.0 Å². The number of carbonyl (C=O) groups excluding carboxylic acids is 1. The van der Waals surface area contributed by atoms with Crippen molar-refractivity contribution in [1.82, 2.24) is 4.90 Å². The van der Waals surface area contributed by atoms with Gasteiger partial charge in [-0.05, 0) is 32.1 Å². The zero-order chi connectivity index (χ0) is 8.60. The molecule has 1 saturated heterocycles. The summed E-state index contributed by atoms with van der Waals surface area (Å²) in [5.41, 5.74) is 0.102. The van der Waals surface area contributed by atoms with Gasteiger partial charge in [-0.3, -0.25) is 4.79 Å². The molecule has 2 rings (SSSR count). The first-order valence-electron chi connectivity index (χ1n) is 5.08. The summed E-state index contributed by atoms with van der Waals surface area (Å²) >= 11 is 0. The zero-order valence-electron chi connectivity index (χ0n) is 7.81. The molecule has 1 heterocycles. The van der Waals surface area contributed by atoms with Crippen LogP contribution in [0.5, 0.6) is 0 Å². The fourth-order valence-electron chi connectivity index (χ4n) is 2.13. The highest BCUT2D eigenvalue weighted by molar-refractivity contribution is 5.85. The summed E-state index contributed by atoms with van der Waals surface area (Å²) in [6.45, 7) is 4.17. The Morgan fingerprint density at radius 2 is 1.92 bits per heavy atom. The molecule has 2 aliphatic rings. The molecule has 2 heteroatoms. The average Bonchev–Trinajstić information content (AvgIpc) is 2.71. The van der Waals surface area contributed by atoms with Gasteiger partial charge in [0.1, 0.15) is 0 Å². The number of hydrogen-bond acceptors (Lipinski definition) is 1. The van der Waals surface area contributed by atoms with Crippen molar-refractivity contribution in [2.45, 2.75) is 39.0 Å². The lowest BCUT2D eigenvalue weighted by atomic mass is 10.0. The molecule has 0 unspecified atom stereocenters. The van der Waals surface area contributed by atoms with E-state index in [4.69, 9.17) is 0 Å². The van der Waals surface area contributed by atoms with Gasteiger partial charge in [-0.2, -0.15) is 0 Å². The molecule has 2 nitrogen and oxygen atoms in total. The minimum atomic E-state index is 0.102. The van der Waals surface area contributed by atoms with Gasteiger partial charge in [0, 0.05) is 18.5 Å². The van der Waals surface area contributed by atoms with Crippen molar-refractivity contribution < 1.29 is 4.79 Å². The lowest BCUT2D eigenvalue weighted by Gasteiger charge is -2.21. The molecule has 0 atom stereocenters. The van der Waals surface area contributed by atoms with E-state index < -0.39 is 0 Å². The molecule has 0 aromatic rings. The molecule has 0 N–H and O–H groups in total. The van der Waals surface area contributed by atoms with Gasteiger partial charge in [0.2, 0.25) is 5.91 Å². The second-order valence-electron chi connectivity index (χ2n) is 4.13. The molecule has 2 fully saturated rings. The van der Waals surface area contributed by atoms with Crippen molar-refractivity contribution in [3.63, 3.8) is 0 Å². The Hall–Kier alpha value is -0.530. The van der Waals surface area contributed by atoms with Crippen LogP contribution in [-0.4, -0.2) is 23.9 Å². The van der Waals surface area contributed by atoms with Crippen LogP contribution in [0.25, 0.3) is 0 Å². The topological polar surface area (TPSA) is 20.3 Å². The van der Waals surface area contributed by atoms with E-state index in [1.54, 1.807) is 0 Å². The normalized spacial score (nSPS) is 25.9. The predicted molar refractivity (Wildman–Crippen MR) is 47.8 cm³/mol. The van der Waals surface area contributed by atoms with Gasteiger partial charge >= 0.3 is 0 Å². The third-order valence-electron chi connectivity index (χ3n) is 3.38. The standard InChI is InChI=1S/C10H17NO/c1-2-10(5-6-10)9(12)11-7-3-4-8-11/h2-8H2,1H3. The molecule has 0 bridgehead atoms. The number of amides is 1. The van der Waals surface area contributed by atoms with Gasteiger partial charge < -0.3 is 4.90 Å². The Bertz CT molecular complexity index is 190. The summed E-state index contributed by atoms with van der Waals surface area (Å²) in [6.07, 6.45) is 5.75. The van der Waals surface area contributed by atoms with Gasteiger partial charge in [0.15, 0.2) is 0 Å². The van der Waals surface area contributed by atoms with Crippen molar-refractivity contribution in [2.75, 3.05) is 13.1 Å². The quantitative estimate of drug-likeness (QED) is 0.614. The van der Waals surface area contributed by atoms with E-state index >= 15 is 0 Å². The summed E-state index contributed by atoms with van der Waals surface area (Å²) in [4.78, 5) is 14.0. The molecular weight excluding hydrogens is 150 g/mol. The maximum Gasteiger partial charge on any atom is 0.228 e. The number of carbonyl (C=O) groups is 1. The van der Waals surface area contributed by atoms with Crippen molar-refractivity contribution in [1.29, 1.82) is 0 Å². The monoisotopic (exact) mass is 167 g/mol. The van der Waals surface area contributed by atoms with Crippen LogP contribution < -0.4 is 0 Å². The molecule has 0 radical (unpaired) electrons. The Labute approximate surface area is 73.9 Å². The fourth-order valence-corrected chi connectivity index (χ4v) is 2.13. The Balaban J connectivity index is 1.99. The average molecular weight is 167 g/mol. The number of likely N-dealkylation sites (tertiary alicyclic amines) is 1. The van der Waals surface area contributed by atoms with E-state index in [-0.39, 0.29) is 5.41 Å². The lowest BCUT2D eigenvalue weighted by molar-refractivity contribution is -0.136. The van der Waals surface area contributed by atoms with E-state index in [2.05, 4.69) is 11.8 Å². The molecule has 0 aromatic heterocycles. The van der Waals surface area contributed by atoms with Crippen molar-refractivity contribution >= 4 is 5.91 Å². The maximum atomic E-state index is 11.9. The molecular formula is C10H17NO. The molecule has 1 amide bonds. The smallest absolute Gasteiger partial charge is 0.228 e. The fraction of sp³-hybridized carbons (Fsp3) is 0.900. The second kappa shape index (κ2) is 2.75. The number of rotatable bonds is 2. The minimum Gasteiger partial charge on any atom is -0.342 e. The van der Waals surface area contributed by atoms with Gasteiger partial charge in [-0.1, -0.05) is 6.92 Å². The predicted octanol–water partition coefficient (Wildman–Crippen LogP) is 1.80. The molecule has 0 aromatic carbocycles. The van der Waals surface area contributed by atoms with Crippen LogP contribution in [0.2, 0.25) is 0 Å². The minimum absolute atomic E-state index is 0.102. The van der Waals surface area contributed by atoms with Crippen LogP contribution in [0.4, 0.5) is 0 Å². The van der Waals surface area contributed by atoms with Crippen LogP contribution in [0, 0.1) is 5.41 Å². The van der Waals surface area contributed by atoms with Crippen LogP contribution in [-0.2, 0) is 4.79 Å². The SMILES string of the molecule is CCC1(C(=O)N2CCCC2)CC1. The van der Waals surface area contributed by atoms with Crippen LogP contribution in [0.15, 0.2) is 0 Å². The first-order chi connectivity index (χ1) is 5.78. The van der Waals surface area contributed by atoms with E-state index in [1.165, 1.54) is 12.8 Å². The maximum absolute atomic E-state index is 11.9. The molecule has 1 aliphatic carbocycles. The third kappa shape index (κ3) is 1.13. The van der Waals surface area contributed by atoms with E-state index in [9.17, 15) is 4.79 Å². The third-order valence-corrected chi connectivity index (χ3v) is 3.38. The molecule has 1 saturated carbocycles. The van der Waals surface area contributed by atoms with Crippen molar-refractivity contribution in [3.05, 3.63) is 0 Å². The van der Waals surface area contributed by atoms with E-state index in [1.807, 2.05) is 0 Å². The van der Waals surface area contributed by atoms with E-state index in [0.29, 0.717) is 5.91 Å². The molecule has 68 valence electrons. The van der Waals surface area contributed by atoms with Crippen molar-refractivity contribution in [2.24, 2.45) is 5.41 Å². The van der Waals surface area contributed by atoms with Crippen LogP contribution >= 0.6 is 0 Å². The van der Waals surface area contributed by atoms with E-state index in [0.717, 1.165) is 32.4 Å². The lowest BCUT2D eigenvalue weighted by Crippen LogP contribution is -2.34. The van der Waals surface area contributed by atoms with Gasteiger partial charge in [0.05, 0.1) is 0 Å². The Morgan fingerprint density at radius 1 is 1.33 bits per heavy atom. The molecule has 12 heavy (non-hydrogen) atoms. The highest BCUT2D eigenvalue weighted by atomic mass is 16.2. The summed E-state index contributed by atoms with van der Waals surface area (Å²) in [7, 11) is 0. The highest BCUT2D eigenvalue weighted by Gasteiger charge is 2.50. The van der Waals surface area contributed by atoms with Gasteiger partial charge in [-0.15, -0.1) is 0 Å². The highest BCUT2D eigenvalue weighted by Crippen LogP contribution is 2.50. The zero-order valence-corrected chi connectivity index (χ0v) is 7.81. The first kappa shape index (κ1) is 8.09. The molecule has 0 spiro atoms. The van der Waals surface area contributed by atoms with Gasteiger partial charge in [-0.25, -0.2) is 0 Å². The second-order valence-corrected chi connectivity index (χ2v) is 4.13. The summed E-state index contributed by atoms with van der Waals surface area (Å²) < 4.78 is 0. The number of hydrogen-bond donors (Lipinski definition) is 0. The largest absolute Gasteiger partial charge is 0.342 e. The van der Waals surface area contributed by atoms with Gasteiger partial charge in [0.25, 0.3) is 0 Å². The Kier molecular flexibility index (Phi) is 1.85.